The van der Waals surface area contributed by atoms with Gasteiger partial charge in [0.15, 0.2) is 0 Å². The molecule has 2 N–H and O–H groups in total. The minimum absolute atomic E-state index is 0.0295. The van der Waals surface area contributed by atoms with Crippen LogP contribution in [0, 0.1) is 0 Å². The first-order valence-electron chi connectivity index (χ1n) is 9.47. The highest BCUT2D eigenvalue weighted by Gasteiger charge is 2.25. The zero-order chi connectivity index (χ0) is 18.8. The molecule has 0 fully saturated rings. The Morgan fingerprint density at radius 2 is 1.93 bits per heavy atom. The lowest BCUT2D eigenvalue weighted by molar-refractivity contribution is -0.117. The van der Waals surface area contributed by atoms with Gasteiger partial charge in [-0.1, -0.05) is 50.2 Å². The number of carbonyl (C=O) groups is 1. The van der Waals surface area contributed by atoms with Crippen LogP contribution >= 0.6 is 0 Å². The molecule has 1 aromatic heterocycles. The highest BCUT2D eigenvalue weighted by molar-refractivity contribution is 5.93. The number of nitrogens with zero attached hydrogens (tertiary/aromatic N) is 2. The first-order valence-corrected chi connectivity index (χ1v) is 9.47. The second-order valence-electron chi connectivity index (χ2n) is 6.85. The quantitative estimate of drug-likeness (QED) is 0.548. The van der Waals surface area contributed by atoms with Crippen molar-refractivity contribution in [1.82, 2.24) is 15.1 Å². The summed E-state index contributed by atoms with van der Waals surface area (Å²) < 4.78 is 0. The standard InChI is InChI=1S/C22H24N4O/c1-3-26(4-2)14-20(27)23-17-10-11-18-16(12-17)13-19-21(24-25-22(18)19)15-8-6-5-7-9-15/h5-12H,3-4,13-14H2,1-2H3,(H,23,27)(H,24,25). The van der Waals surface area contributed by atoms with Crippen molar-refractivity contribution in [2.75, 3.05) is 25.0 Å². The van der Waals surface area contributed by atoms with E-state index in [1.54, 1.807) is 0 Å². The van der Waals surface area contributed by atoms with Crippen molar-refractivity contribution in [3.05, 3.63) is 59.7 Å². The van der Waals surface area contributed by atoms with E-state index in [0.29, 0.717) is 6.54 Å². The lowest BCUT2D eigenvalue weighted by Gasteiger charge is -2.17. The molecule has 138 valence electrons. The third kappa shape index (κ3) is 3.38. The van der Waals surface area contributed by atoms with Crippen LogP contribution in [0.1, 0.15) is 25.0 Å². The largest absolute Gasteiger partial charge is 0.325 e. The van der Waals surface area contributed by atoms with Gasteiger partial charge in [0.2, 0.25) is 5.91 Å². The molecule has 1 amide bonds. The molecule has 3 aromatic rings. The van der Waals surface area contributed by atoms with Crippen molar-refractivity contribution >= 4 is 11.6 Å². The van der Waals surface area contributed by atoms with E-state index < -0.39 is 0 Å². The number of amides is 1. The highest BCUT2D eigenvalue weighted by atomic mass is 16.2. The summed E-state index contributed by atoms with van der Waals surface area (Å²) in [6, 6.07) is 16.4. The summed E-state index contributed by atoms with van der Waals surface area (Å²) in [5.74, 6) is 0.0295. The number of carbonyl (C=O) groups excluding carboxylic acids is 1. The third-order valence-electron chi connectivity index (χ3n) is 5.20. The monoisotopic (exact) mass is 360 g/mol. The Hall–Kier alpha value is -2.92. The van der Waals surface area contributed by atoms with Gasteiger partial charge in [-0.2, -0.15) is 5.10 Å². The summed E-state index contributed by atoms with van der Waals surface area (Å²) in [4.78, 5) is 14.4. The van der Waals surface area contributed by atoms with Crippen molar-refractivity contribution in [2.45, 2.75) is 20.3 Å². The zero-order valence-electron chi connectivity index (χ0n) is 15.7. The molecule has 0 spiro atoms. The van der Waals surface area contributed by atoms with Gasteiger partial charge >= 0.3 is 0 Å². The number of H-pyrrole nitrogens is 1. The van der Waals surface area contributed by atoms with E-state index in [-0.39, 0.29) is 5.91 Å². The van der Waals surface area contributed by atoms with Gasteiger partial charge in [0, 0.05) is 28.8 Å². The molecule has 0 atom stereocenters. The molecular weight excluding hydrogens is 336 g/mol. The molecular formula is C22H24N4O. The summed E-state index contributed by atoms with van der Waals surface area (Å²) in [7, 11) is 0. The van der Waals surface area contributed by atoms with Gasteiger partial charge < -0.3 is 5.32 Å². The fourth-order valence-corrected chi connectivity index (χ4v) is 3.70. The number of aromatic amines is 1. The van der Waals surface area contributed by atoms with Gasteiger partial charge in [-0.05, 0) is 30.8 Å². The first kappa shape index (κ1) is 17.5. The molecule has 0 saturated heterocycles. The van der Waals surface area contributed by atoms with Gasteiger partial charge in [0.25, 0.3) is 0 Å². The Kier molecular flexibility index (Phi) is 4.77. The van der Waals surface area contributed by atoms with Crippen LogP contribution in [0.3, 0.4) is 0 Å². The van der Waals surface area contributed by atoms with Crippen LogP contribution in [0.5, 0.6) is 0 Å². The predicted octanol–water partition coefficient (Wildman–Crippen LogP) is 3.93. The summed E-state index contributed by atoms with van der Waals surface area (Å²) in [6.45, 7) is 6.30. The van der Waals surface area contributed by atoms with Gasteiger partial charge in [-0.15, -0.1) is 0 Å². The first-order chi connectivity index (χ1) is 13.2. The van der Waals surface area contributed by atoms with E-state index in [1.807, 2.05) is 24.3 Å². The van der Waals surface area contributed by atoms with E-state index >= 15 is 0 Å². The van der Waals surface area contributed by atoms with Crippen molar-refractivity contribution in [3.8, 4) is 22.5 Å². The fourth-order valence-electron chi connectivity index (χ4n) is 3.70. The normalized spacial score (nSPS) is 12.1. The Bertz CT molecular complexity index is 958. The zero-order valence-corrected chi connectivity index (χ0v) is 15.7. The van der Waals surface area contributed by atoms with Crippen molar-refractivity contribution < 1.29 is 4.79 Å². The number of nitrogens with one attached hydrogen (secondary N) is 2. The van der Waals surface area contributed by atoms with E-state index in [2.05, 4.69) is 58.5 Å². The van der Waals surface area contributed by atoms with E-state index in [4.69, 9.17) is 0 Å². The SMILES string of the molecule is CCN(CC)CC(=O)Nc1ccc2c(c1)Cc1c(-c3ccccc3)n[nH]c1-2. The molecule has 4 rings (SSSR count). The summed E-state index contributed by atoms with van der Waals surface area (Å²) >= 11 is 0. The number of fused-ring (bicyclic) bond motifs is 3. The van der Waals surface area contributed by atoms with Crippen LogP contribution in [0.15, 0.2) is 48.5 Å². The average molecular weight is 360 g/mol. The van der Waals surface area contributed by atoms with Crippen molar-refractivity contribution in [3.63, 3.8) is 0 Å². The number of aromatic nitrogens is 2. The maximum absolute atomic E-state index is 12.3. The fraction of sp³-hybridized carbons (Fsp3) is 0.273. The second-order valence-corrected chi connectivity index (χ2v) is 6.85. The predicted molar refractivity (Wildman–Crippen MR) is 109 cm³/mol. The molecule has 1 aliphatic rings. The molecule has 5 heteroatoms. The van der Waals surface area contributed by atoms with Gasteiger partial charge in [-0.3, -0.25) is 14.8 Å². The number of hydrogen-bond donors (Lipinski definition) is 2. The van der Waals surface area contributed by atoms with Crippen LogP contribution in [0.2, 0.25) is 0 Å². The summed E-state index contributed by atoms with van der Waals surface area (Å²) in [5, 5.41) is 10.8. The Morgan fingerprint density at radius 1 is 1.15 bits per heavy atom. The Balaban J connectivity index is 1.54. The molecule has 0 saturated carbocycles. The topological polar surface area (TPSA) is 61.0 Å². The van der Waals surface area contributed by atoms with E-state index in [1.165, 1.54) is 16.7 Å². The van der Waals surface area contributed by atoms with Gasteiger partial charge in [0.05, 0.1) is 17.9 Å². The number of likely N-dealkylation sites (N-methyl/N-ethyl adjacent to an activating group) is 1. The summed E-state index contributed by atoms with van der Waals surface area (Å²) in [5.41, 5.74) is 7.68. The van der Waals surface area contributed by atoms with Crippen LogP contribution in [0.4, 0.5) is 5.69 Å². The highest BCUT2D eigenvalue weighted by Crippen LogP contribution is 2.40. The maximum atomic E-state index is 12.3. The summed E-state index contributed by atoms with van der Waals surface area (Å²) in [6.07, 6.45) is 0.825. The van der Waals surface area contributed by atoms with Crippen LogP contribution in [0.25, 0.3) is 22.5 Å². The molecule has 1 aliphatic carbocycles. The van der Waals surface area contributed by atoms with E-state index in [0.717, 1.165) is 42.1 Å². The third-order valence-corrected chi connectivity index (χ3v) is 5.20. The van der Waals surface area contributed by atoms with Crippen LogP contribution in [-0.4, -0.2) is 40.6 Å². The molecule has 0 bridgehead atoms. The average Bonchev–Trinajstić information content (AvgIpc) is 3.25. The minimum atomic E-state index is 0.0295. The molecule has 1 heterocycles. The minimum Gasteiger partial charge on any atom is -0.325 e. The molecule has 2 aromatic carbocycles. The maximum Gasteiger partial charge on any atom is 0.238 e. The van der Waals surface area contributed by atoms with E-state index in [9.17, 15) is 4.79 Å². The Morgan fingerprint density at radius 3 is 2.67 bits per heavy atom. The van der Waals surface area contributed by atoms with Crippen molar-refractivity contribution in [1.29, 1.82) is 0 Å². The molecule has 27 heavy (non-hydrogen) atoms. The van der Waals surface area contributed by atoms with Crippen molar-refractivity contribution in [2.24, 2.45) is 0 Å². The van der Waals surface area contributed by atoms with Crippen LogP contribution in [-0.2, 0) is 11.2 Å². The number of hydrogen-bond acceptors (Lipinski definition) is 3. The lowest BCUT2D eigenvalue weighted by Crippen LogP contribution is -2.32. The smallest absolute Gasteiger partial charge is 0.238 e. The van der Waals surface area contributed by atoms with Crippen LogP contribution < -0.4 is 5.32 Å². The number of rotatable bonds is 6. The van der Waals surface area contributed by atoms with Gasteiger partial charge in [-0.25, -0.2) is 0 Å². The van der Waals surface area contributed by atoms with Gasteiger partial charge in [0.1, 0.15) is 0 Å². The second kappa shape index (κ2) is 7.37. The molecule has 0 unspecified atom stereocenters. The number of anilines is 1. The Labute approximate surface area is 159 Å². The molecule has 5 nitrogen and oxygen atoms in total. The number of benzene rings is 2. The molecule has 0 radical (unpaired) electrons. The lowest BCUT2D eigenvalue weighted by atomic mass is 10.1. The molecule has 0 aliphatic heterocycles.